The maximum atomic E-state index is 11.6. The first-order valence-electron chi connectivity index (χ1n) is 9.35. The fourth-order valence-electron chi connectivity index (χ4n) is 3.28. The van der Waals surface area contributed by atoms with Gasteiger partial charge in [-0.2, -0.15) is 0 Å². The molecule has 0 aliphatic heterocycles. The van der Waals surface area contributed by atoms with E-state index in [4.69, 9.17) is 22.1 Å². The van der Waals surface area contributed by atoms with Gasteiger partial charge in [0.15, 0.2) is 0 Å². The Hall–Kier alpha value is -2.87. The zero-order valence-electron chi connectivity index (χ0n) is 16.2. The number of hydrogen-bond acceptors (Lipinski definition) is 5. The van der Waals surface area contributed by atoms with Crippen LogP contribution >= 0.6 is 22.9 Å². The highest BCUT2D eigenvalue weighted by Crippen LogP contribution is 2.39. The Kier molecular flexibility index (Phi) is 5.76. The summed E-state index contributed by atoms with van der Waals surface area (Å²) in [6, 6.07) is 13.1. The van der Waals surface area contributed by atoms with E-state index in [-0.39, 0.29) is 19.1 Å². The minimum absolute atomic E-state index is 0.0609. The lowest BCUT2D eigenvalue weighted by atomic mass is 10.1. The molecule has 6 nitrogen and oxygen atoms in total. The average Bonchev–Trinajstić information content (AvgIpc) is 3.31. The van der Waals surface area contributed by atoms with Gasteiger partial charge in [0, 0.05) is 22.8 Å². The van der Waals surface area contributed by atoms with Crippen LogP contribution in [0.2, 0.25) is 5.02 Å². The van der Waals surface area contributed by atoms with E-state index in [1.807, 2.05) is 60.0 Å². The van der Waals surface area contributed by atoms with E-state index in [9.17, 15) is 9.90 Å². The smallest absolute Gasteiger partial charge is 0.222 e. The number of aliphatic hydroxyl groups excluding tert-OH is 1. The Balaban J connectivity index is 1.74. The molecule has 30 heavy (non-hydrogen) atoms. The quantitative estimate of drug-likeness (QED) is 0.445. The summed E-state index contributed by atoms with van der Waals surface area (Å²) in [5.41, 5.74) is 8.71. The second-order valence-corrected chi connectivity index (χ2v) is 8.43. The molecule has 0 saturated heterocycles. The Morgan fingerprint density at radius 2 is 2.13 bits per heavy atom. The molecule has 8 heteroatoms. The molecule has 1 aromatic carbocycles. The van der Waals surface area contributed by atoms with Gasteiger partial charge in [0.25, 0.3) is 0 Å². The lowest BCUT2D eigenvalue weighted by molar-refractivity contribution is -0.117. The van der Waals surface area contributed by atoms with Gasteiger partial charge < -0.3 is 15.6 Å². The fraction of sp³-hybridized carbons (Fsp3) is 0.182. The van der Waals surface area contributed by atoms with E-state index in [1.165, 1.54) is 11.3 Å². The third-order valence-corrected chi connectivity index (χ3v) is 6.24. The maximum absolute atomic E-state index is 11.6. The second-order valence-electron chi connectivity index (χ2n) is 6.89. The third kappa shape index (κ3) is 4.05. The molecule has 4 rings (SSSR count). The number of hydrogen-bond donors (Lipinski definition) is 2. The van der Waals surface area contributed by atoms with E-state index in [0.29, 0.717) is 10.8 Å². The largest absolute Gasteiger partial charge is 0.485 e. The highest BCUT2D eigenvalue weighted by Gasteiger charge is 2.19. The molecular weight excluding hydrogens is 422 g/mol. The predicted molar refractivity (Wildman–Crippen MR) is 118 cm³/mol. The molecular formula is C22H20ClN3O3S. The van der Waals surface area contributed by atoms with Gasteiger partial charge >= 0.3 is 0 Å². The normalized spacial score (nSPS) is 12.2. The van der Waals surface area contributed by atoms with E-state index >= 15 is 0 Å². The molecule has 0 saturated carbocycles. The van der Waals surface area contributed by atoms with Crippen LogP contribution in [0.5, 0.6) is 5.75 Å². The van der Waals surface area contributed by atoms with E-state index in [0.717, 1.165) is 32.2 Å². The number of amides is 1. The van der Waals surface area contributed by atoms with Gasteiger partial charge in [0.1, 0.15) is 17.5 Å². The number of nitrogens with zero attached hydrogens (tertiary/aromatic N) is 2. The van der Waals surface area contributed by atoms with Crippen molar-refractivity contribution < 1.29 is 14.6 Å². The highest BCUT2D eigenvalue weighted by molar-refractivity contribution is 7.15. The van der Waals surface area contributed by atoms with Crippen LogP contribution in [0.15, 0.2) is 54.9 Å². The van der Waals surface area contributed by atoms with Gasteiger partial charge in [-0.25, -0.2) is 4.98 Å². The molecule has 3 aromatic heterocycles. The van der Waals surface area contributed by atoms with Crippen LogP contribution in [0.4, 0.5) is 0 Å². The summed E-state index contributed by atoms with van der Waals surface area (Å²) in [5.74, 6) is 0.161. The van der Waals surface area contributed by atoms with Crippen molar-refractivity contribution >= 4 is 34.5 Å². The number of fused-ring (bicyclic) bond motifs is 1. The summed E-state index contributed by atoms with van der Waals surface area (Å²) in [5, 5.41) is 10.1. The SMILES string of the molecule is CC(Oc1cc(-c2cnc3ccc(CO)cn23)sc1CC(N)=O)c1ccccc1Cl. The number of ether oxygens (including phenoxy) is 1. The first-order valence-corrected chi connectivity index (χ1v) is 10.5. The van der Waals surface area contributed by atoms with Crippen LogP contribution in [-0.4, -0.2) is 20.4 Å². The second kappa shape index (κ2) is 8.47. The lowest BCUT2D eigenvalue weighted by Crippen LogP contribution is -2.13. The molecule has 0 fully saturated rings. The third-order valence-electron chi connectivity index (χ3n) is 4.75. The molecule has 0 bridgehead atoms. The van der Waals surface area contributed by atoms with Crippen molar-refractivity contribution in [2.75, 3.05) is 0 Å². The van der Waals surface area contributed by atoms with Crippen molar-refractivity contribution in [1.29, 1.82) is 0 Å². The number of nitrogens with two attached hydrogens (primary N) is 1. The number of imidazole rings is 1. The summed E-state index contributed by atoms with van der Waals surface area (Å²) in [6.45, 7) is 1.85. The van der Waals surface area contributed by atoms with Gasteiger partial charge in [0.2, 0.25) is 5.91 Å². The summed E-state index contributed by atoms with van der Waals surface area (Å²) in [4.78, 5) is 17.7. The molecule has 1 unspecified atom stereocenters. The monoisotopic (exact) mass is 441 g/mol. The van der Waals surface area contributed by atoms with Gasteiger partial charge in [0.05, 0.1) is 34.7 Å². The standard InChI is InChI=1S/C22H20ClN3O3S/c1-13(15-4-2-3-5-16(15)23)29-18-8-19(30-20(18)9-21(24)28)17-10-25-22-7-6-14(12-27)11-26(17)22/h2-8,10-11,13,27H,9,12H2,1H3,(H2,24,28). The minimum atomic E-state index is -0.431. The van der Waals surface area contributed by atoms with Gasteiger partial charge in [-0.3, -0.25) is 9.20 Å². The number of carbonyl (C=O) groups is 1. The zero-order chi connectivity index (χ0) is 21.3. The van der Waals surface area contributed by atoms with Crippen molar-refractivity contribution in [3.05, 3.63) is 75.9 Å². The topological polar surface area (TPSA) is 89.8 Å². The van der Waals surface area contributed by atoms with Gasteiger partial charge in [-0.05, 0) is 24.6 Å². The van der Waals surface area contributed by atoms with Gasteiger partial charge in [-0.1, -0.05) is 35.9 Å². The van der Waals surface area contributed by atoms with Crippen LogP contribution in [0.1, 0.15) is 29.0 Å². The fourth-order valence-corrected chi connectivity index (χ4v) is 4.68. The number of primary amides is 1. The number of benzene rings is 1. The van der Waals surface area contributed by atoms with E-state index in [2.05, 4.69) is 4.98 Å². The van der Waals surface area contributed by atoms with Crippen molar-refractivity contribution in [1.82, 2.24) is 9.38 Å². The van der Waals surface area contributed by atoms with Crippen molar-refractivity contribution in [2.24, 2.45) is 5.73 Å². The Morgan fingerprint density at radius 3 is 2.87 bits per heavy atom. The summed E-state index contributed by atoms with van der Waals surface area (Å²) in [7, 11) is 0. The molecule has 3 heterocycles. The number of halogens is 1. The van der Waals surface area contributed by atoms with Crippen molar-refractivity contribution in [3.8, 4) is 16.3 Å². The van der Waals surface area contributed by atoms with Crippen LogP contribution in [0.25, 0.3) is 16.2 Å². The molecule has 154 valence electrons. The molecule has 1 amide bonds. The Bertz CT molecular complexity index is 1220. The first-order chi connectivity index (χ1) is 14.5. The van der Waals surface area contributed by atoms with Crippen LogP contribution in [0, 0.1) is 0 Å². The molecule has 0 aliphatic rings. The Morgan fingerprint density at radius 1 is 1.33 bits per heavy atom. The van der Waals surface area contributed by atoms with Crippen LogP contribution in [-0.2, 0) is 17.8 Å². The van der Waals surface area contributed by atoms with E-state index < -0.39 is 5.91 Å². The first kappa shape index (κ1) is 20.4. The summed E-state index contributed by atoms with van der Waals surface area (Å²) >= 11 is 7.74. The molecule has 0 aliphatic carbocycles. The van der Waals surface area contributed by atoms with E-state index in [1.54, 1.807) is 6.20 Å². The minimum Gasteiger partial charge on any atom is -0.485 e. The number of aliphatic hydroxyl groups is 1. The summed E-state index contributed by atoms with van der Waals surface area (Å²) in [6.07, 6.45) is 3.37. The highest BCUT2D eigenvalue weighted by atomic mass is 35.5. The number of carbonyl (C=O) groups excluding carboxylic acids is 1. The zero-order valence-corrected chi connectivity index (χ0v) is 17.8. The number of thiophene rings is 1. The maximum Gasteiger partial charge on any atom is 0.222 e. The molecule has 4 aromatic rings. The number of rotatable bonds is 7. The number of aromatic nitrogens is 2. The van der Waals surface area contributed by atoms with Crippen molar-refractivity contribution in [3.63, 3.8) is 0 Å². The molecule has 3 N–H and O–H groups in total. The van der Waals surface area contributed by atoms with Gasteiger partial charge in [-0.15, -0.1) is 11.3 Å². The number of pyridine rings is 1. The Labute approximate surface area is 182 Å². The van der Waals surface area contributed by atoms with Crippen LogP contribution < -0.4 is 10.5 Å². The average molecular weight is 442 g/mol. The van der Waals surface area contributed by atoms with Crippen molar-refractivity contribution in [2.45, 2.75) is 26.1 Å². The van der Waals surface area contributed by atoms with Crippen LogP contribution in [0.3, 0.4) is 0 Å². The summed E-state index contributed by atoms with van der Waals surface area (Å²) < 4.78 is 8.11. The lowest BCUT2D eigenvalue weighted by Gasteiger charge is -2.16. The molecule has 1 atom stereocenters. The predicted octanol–water partition coefficient (Wildman–Crippen LogP) is 4.38. The molecule has 0 radical (unpaired) electrons. The molecule has 0 spiro atoms.